The number of benzene rings is 1. The second-order valence-corrected chi connectivity index (χ2v) is 7.37. The minimum atomic E-state index is -0.273. The van der Waals surface area contributed by atoms with Crippen LogP contribution in [0, 0.1) is 0 Å². The van der Waals surface area contributed by atoms with E-state index in [0.717, 1.165) is 5.46 Å². The van der Waals surface area contributed by atoms with Crippen LogP contribution in [-0.2, 0) is 9.31 Å². The zero-order chi connectivity index (χ0) is 17.1. The van der Waals surface area contributed by atoms with E-state index in [0.29, 0.717) is 0 Å². The van der Waals surface area contributed by atoms with Gasteiger partial charge in [-0.1, -0.05) is 12.1 Å². The van der Waals surface area contributed by atoms with Gasteiger partial charge in [0, 0.05) is 18.8 Å². The first kappa shape index (κ1) is 18.3. The standard InChI is InChI=1S/C16H24BNO2.C2H7N/c1-15(2)16(3,4)20-17(19-15)13-7-9-14(10-8-13)18-11-5-6-12-18;1-3-2/h7-10H,5-6,11-12H2,1-4H3;3H,1-2H3. The van der Waals surface area contributed by atoms with Crippen molar-refractivity contribution in [2.24, 2.45) is 0 Å². The molecule has 0 aromatic heterocycles. The fourth-order valence-corrected chi connectivity index (χ4v) is 2.80. The lowest BCUT2D eigenvalue weighted by Gasteiger charge is -2.32. The molecule has 2 saturated heterocycles. The van der Waals surface area contributed by atoms with Crippen molar-refractivity contribution >= 4 is 18.3 Å². The molecule has 3 rings (SSSR count). The first-order valence-electron chi connectivity index (χ1n) is 8.60. The Morgan fingerprint density at radius 1 is 0.913 bits per heavy atom. The molecule has 0 radical (unpaired) electrons. The molecule has 2 heterocycles. The highest BCUT2D eigenvalue weighted by Crippen LogP contribution is 2.36. The maximum absolute atomic E-state index is 6.08. The van der Waals surface area contributed by atoms with Crippen LogP contribution in [0.5, 0.6) is 0 Å². The van der Waals surface area contributed by atoms with Crippen molar-refractivity contribution in [3.05, 3.63) is 24.3 Å². The molecule has 5 heteroatoms. The molecule has 128 valence electrons. The van der Waals surface area contributed by atoms with Gasteiger partial charge in [-0.3, -0.25) is 0 Å². The first-order chi connectivity index (χ1) is 10.8. The fraction of sp³-hybridized carbons (Fsp3) is 0.667. The second kappa shape index (κ2) is 7.24. The minimum absolute atomic E-state index is 0.257. The third-order valence-electron chi connectivity index (χ3n) is 4.89. The third-order valence-corrected chi connectivity index (χ3v) is 4.89. The van der Waals surface area contributed by atoms with Crippen LogP contribution in [0.4, 0.5) is 5.69 Å². The Balaban J connectivity index is 0.000000595. The Bertz CT molecular complexity index is 480. The van der Waals surface area contributed by atoms with E-state index in [1.807, 2.05) is 14.1 Å². The Morgan fingerprint density at radius 2 is 1.35 bits per heavy atom. The van der Waals surface area contributed by atoms with Gasteiger partial charge in [0.1, 0.15) is 0 Å². The monoisotopic (exact) mass is 318 g/mol. The van der Waals surface area contributed by atoms with E-state index in [1.54, 1.807) is 0 Å². The van der Waals surface area contributed by atoms with Crippen molar-refractivity contribution in [1.29, 1.82) is 0 Å². The smallest absolute Gasteiger partial charge is 0.399 e. The zero-order valence-corrected chi connectivity index (χ0v) is 15.5. The van der Waals surface area contributed by atoms with E-state index in [1.165, 1.54) is 31.6 Å². The minimum Gasteiger partial charge on any atom is -0.399 e. The number of rotatable bonds is 2. The molecule has 0 atom stereocenters. The quantitative estimate of drug-likeness (QED) is 0.849. The SMILES string of the molecule is CC1(C)OB(c2ccc(N3CCCC3)cc2)OC1(C)C.CNC. The van der Waals surface area contributed by atoms with E-state index in [2.05, 4.69) is 62.2 Å². The van der Waals surface area contributed by atoms with Crippen molar-refractivity contribution < 1.29 is 9.31 Å². The number of hydrogen-bond donors (Lipinski definition) is 1. The summed E-state index contributed by atoms with van der Waals surface area (Å²) in [7, 11) is 3.49. The van der Waals surface area contributed by atoms with Gasteiger partial charge in [-0.25, -0.2) is 0 Å². The molecule has 2 aliphatic rings. The van der Waals surface area contributed by atoms with Gasteiger partial charge in [0.2, 0.25) is 0 Å². The normalized spacial score (nSPS) is 22.0. The summed E-state index contributed by atoms with van der Waals surface area (Å²) >= 11 is 0. The molecule has 0 bridgehead atoms. The van der Waals surface area contributed by atoms with E-state index in [9.17, 15) is 0 Å². The summed E-state index contributed by atoms with van der Waals surface area (Å²) in [6, 6.07) is 8.64. The maximum Gasteiger partial charge on any atom is 0.494 e. The lowest BCUT2D eigenvalue weighted by Crippen LogP contribution is -2.41. The molecule has 0 aliphatic carbocycles. The Morgan fingerprint density at radius 3 is 1.78 bits per heavy atom. The van der Waals surface area contributed by atoms with E-state index >= 15 is 0 Å². The highest BCUT2D eigenvalue weighted by molar-refractivity contribution is 6.62. The molecule has 1 aromatic carbocycles. The van der Waals surface area contributed by atoms with Gasteiger partial charge in [0.05, 0.1) is 11.2 Å². The van der Waals surface area contributed by atoms with Crippen LogP contribution in [0.15, 0.2) is 24.3 Å². The number of nitrogens with one attached hydrogen (secondary N) is 1. The topological polar surface area (TPSA) is 33.7 Å². The number of nitrogens with zero attached hydrogens (tertiary/aromatic N) is 1. The highest BCUT2D eigenvalue weighted by Gasteiger charge is 2.51. The van der Waals surface area contributed by atoms with E-state index in [-0.39, 0.29) is 18.3 Å². The molecule has 0 amide bonds. The van der Waals surface area contributed by atoms with E-state index < -0.39 is 0 Å². The van der Waals surface area contributed by atoms with Crippen LogP contribution in [0.25, 0.3) is 0 Å². The molecule has 1 aromatic rings. The molecule has 4 nitrogen and oxygen atoms in total. The van der Waals surface area contributed by atoms with Crippen molar-refractivity contribution in [1.82, 2.24) is 5.32 Å². The lowest BCUT2D eigenvalue weighted by atomic mass is 9.79. The molecule has 23 heavy (non-hydrogen) atoms. The summed E-state index contributed by atoms with van der Waals surface area (Å²) in [4.78, 5) is 2.44. The average molecular weight is 318 g/mol. The van der Waals surface area contributed by atoms with Gasteiger partial charge < -0.3 is 19.5 Å². The van der Waals surface area contributed by atoms with Crippen LogP contribution in [-0.4, -0.2) is 45.5 Å². The van der Waals surface area contributed by atoms with Gasteiger partial charge in [-0.15, -0.1) is 0 Å². The lowest BCUT2D eigenvalue weighted by molar-refractivity contribution is 0.00578. The Hall–Kier alpha value is -1.04. The predicted octanol–water partition coefficient (Wildman–Crippen LogP) is 2.42. The summed E-state index contributed by atoms with van der Waals surface area (Å²) < 4.78 is 12.2. The molecular formula is C18H31BN2O2. The Kier molecular flexibility index (Phi) is 5.77. The van der Waals surface area contributed by atoms with Crippen LogP contribution in [0.2, 0.25) is 0 Å². The van der Waals surface area contributed by atoms with Gasteiger partial charge >= 0.3 is 7.12 Å². The first-order valence-corrected chi connectivity index (χ1v) is 8.60. The average Bonchev–Trinajstić information content (AvgIpc) is 3.07. The summed E-state index contributed by atoms with van der Waals surface area (Å²) in [5, 5.41) is 2.75. The molecule has 2 fully saturated rings. The van der Waals surface area contributed by atoms with Gasteiger partial charge in [0.25, 0.3) is 0 Å². The molecule has 0 spiro atoms. The zero-order valence-electron chi connectivity index (χ0n) is 15.5. The van der Waals surface area contributed by atoms with Crippen LogP contribution in [0.1, 0.15) is 40.5 Å². The molecular weight excluding hydrogens is 287 g/mol. The van der Waals surface area contributed by atoms with Crippen LogP contribution >= 0.6 is 0 Å². The van der Waals surface area contributed by atoms with Gasteiger partial charge in [-0.05, 0) is 72.2 Å². The summed E-state index contributed by atoms with van der Waals surface area (Å²) in [5.74, 6) is 0. The largest absolute Gasteiger partial charge is 0.494 e. The number of hydrogen-bond acceptors (Lipinski definition) is 4. The van der Waals surface area contributed by atoms with Gasteiger partial charge in [0.15, 0.2) is 0 Å². The summed E-state index contributed by atoms with van der Waals surface area (Å²) in [5.41, 5.74) is 1.87. The summed E-state index contributed by atoms with van der Waals surface area (Å²) in [6.07, 6.45) is 2.61. The van der Waals surface area contributed by atoms with Crippen molar-refractivity contribution in [2.45, 2.75) is 51.7 Å². The van der Waals surface area contributed by atoms with E-state index in [4.69, 9.17) is 9.31 Å². The molecule has 2 aliphatic heterocycles. The number of anilines is 1. The van der Waals surface area contributed by atoms with Crippen LogP contribution < -0.4 is 15.7 Å². The maximum atomic E-state index is 6.08. The van der Waals surface area contributed by atoms with Crippen molar-refractivity contribution in [3.63, 3.8) is 0 Å². The molecule has 0 unspecified atom stereocenters. The highest BCUT2D eigenvalue weighted by atomic mass is 16.7. The third kappa shape index (κ3) is 4.08. The fourth-order valence-electron chi connectivity index (χ4n) is 2.80. The van der Waals surface area contributed by atoms with Crippen molar-refractivity contribution in [3.8, 4) is 0 Å². The molecule has 0 saturated carbocycles. The summed E-state index contributed by atoms with van der Waals surface area (Å²) in [6.45, 7) is 10.7. The Labute approximate surface area is 141 Å². The van der Waals surface area contributed by atoms with Crippen LogP contribution in [0.3, 0.4) is 0 Å². The predicted molar refractivity (Wildman–Crippen MR) is 98.6 cm³/mol. The second-order valence-electron chi connectivity index (χ2n) is 7.37. The molecule has 1 N–H and O–H groups in total. The van der Waals surface area contributed by atoms with Crippen molar-refractivity contribution in [2.75, 3.05) is 32.1 Å². The van der Waals surface area contributed by atoms with Gasteiger partial charge in [-0.2, -0.15) is 0 Å².